The van der Waals surface area contributed by atoms with Crippen LogP contribution in [0.1, 0.15) is 35.9 Å². The molecule has 10 heteroatoms. The average Bonchev–Trinajstić information content (AvgIpc) is 3.51. The number of hydrogen-bond donors (Lipinski definition) is 0. The van der Waals surface area contributed by atoms with Crippen molar-refractivity contribution >= 4 is 46.9 Å². The second-order valence-electron chi connectivity index (χ2n) is 10.0. The molecular weight excluding hydrogens is 560 g/mol. The van der Waals surface area contributed by atoms with E-state index in [2.05, 4.69) is 4.98 Å². The maximum absolute atomic E-state index is 13.8. The topological polar surface area (TPSA) is 90.9 Å². The fourth-order valence-corrected chi connectivity index (χ4v) is 5.87. The van der Waals surface area contributed by atoms with Crippen LogP contribution < -0.4 is 0 Å². The first-order valence-corrected chi connectivity index (χ1v) is 15.1. The maximum atomic E-state index is 13.8. The van der Waals surface area contributed by atoms with Crippen LogP contribution in [0.15, 0.2) is 66.2 Å². The van der Waals surface area contributed by atoms with Gasteiger partial charge in [-0.3, -0.25) is 19.4 Å². The molecule has 0 radical (unpaired) electrons. The number of piperazine rings is 1. The van der Waals surface area contributed by atoms with Gasteiger partial charge in [0, 0.05) is 47.8 Å². The van der Waals surface area contributed by atoms with Gasteiger partial charge in [0.2, 0.25) is 17.7 Å². The lowest BCUT2D eigenvalue weighted by Crippen LogP contribution is -2.61. The van der Waals surface area contributed by atoms with Crippen LogP contribution in [0.2, 0.25) is 5.02 Å². The highest BCUT2D eigenvalue weighted by molar-refractivity contribution is 7.09. The molecule has 0 bridgehead atoms. The number of amides is 3. The van der Waals surface area contributed by atoms with E-state index in [4.69, 9.17) is 11.6 Å². The molecule has 2 aromatic heterocycles. The summed E-state index contributed by atoms with van der Waals surface area (Å²) < 4.78 is 0. The molecule has 0 spiro atoms. The third-order valence-electron chi connectivity index (χ3n) is 7.38. The number of nitrogens with zero attached hydrogens (tertiary/aromatic N) is 4. The highest BCUT2D eigenvalue weighted by Gasteiger charge is 2.41. The van der Waals surface area contributed by atoms with Gasteiger partial charge in [-0.15, -0.1) is 11.3 Å². The Labute approximate surface area is 249 Å². The molecule has 4 rings (SSSR count). The van der Waals surface area contributed by atoms with E-state index in [0.717, 1.165) is 22.4 Å². The molecule has 3 heterocycles. The number of carbonyl (C=O) groups is 4. The molecule has 1 aliphatic rings. The van der Waals surface area contributed by atoms with E-state index < -0.39 is 12.1 Å². The summed E-state index contributed by atoms with van der Waals surface area (Å²) in [6.07, 6.45) is 4.38. The summed E-state index contributed by atoms with van der Waals surface area (Å²) in [5, 5.41) is 2.60. The van der Waals surface area contributed by atoms with Gasteiger partial charge in [0.15, 0.2) is 0 Å². The summed E-state index contributed by atoms with van der Waals surface area (Å²) in [4.78, 5) is 63.0. The summed E-state index contributed by atoms with van der Waals surface area (Å²) >= 11 is 7.61. The third-order valence-corrected chi connectivity index (χ3v) is 8.57. The minimum absolute atomic E-state index is 0.0347. The number of hydrogen-bond acceptors (Lipinski definition) is 6. The van der Waals surface area contributed by atoms with Crippen LogP contribution in [0.3, 0.4) is 0 Å². The van der Waals surface area contributed by atoms with Crippen LogP contribution in [0, 0.1) is 0 Å². The van der Waals surface area contributed by atoms with Crippen molar-refractivity contribution < 1.29 is 19.2 Å². The summed E-state index contributed by atoms with van der Waals surface area (Å²) in [7, 11) is 0. The summed E-state index contributed by atoms with van der Waals surface area (Å²) in [5.74, 6) is -0.760. The second-order valence-corrected chi connectivity index (χ2v) is 11.5. The van der Waals surface area contributed by atoms with Crippen LogP contribution in [0.4, 0.5) is 0 Å². The van der Waals surface area contributed by atoms with Crippen LogP contribution in [0.5, 0.6) is 0 Å². The lowest BCUT2D eigenvalue weighted by atomic mass is 10.0. The Balaban J connectivity index is 1.52. The first-order valence-electron chi connectivity index (χ1n) is 13.9. The molecular formula is C31H35ClN4O4S. The number of halogens is 1. The van der Waals surface area contributed by atoms with E-state index in [1.807, 2.05) is 54.8 Å². The summed E-state index contributed by atoms with van der Waals surface area (Å²) in [6.45, 7) is 2.80. The largest absolute Gasteiger partial charge is 0.333 e. The number of carbonyl (C=O) groups excluding carboxylic acids is 4. The van der Waals surface area contributed by atoms with Crippen molar-refractivity contribution in [1.29, 1.82) is 0 Å². The standard InChI is InChI=1S/C31H35ClN4O4S/c1-2-26(22-37)35(17-12-23-8-10-24(32)11-9-23)29(38)20-28-31(40)34(16-13-25-6-3-4-15-33-25)21-30(39)36(28)18-14-27-7-5-19-41-27/h3-11,15,19,22,26,28H,2,12-14,16-18,20-21H2,1H3. The summed E-state index contributed by atoms with van der Waals surface area (Å²) in [5.41, 5.74) is 1.81. The zero-order valence-corrected chi connectivity index (χ0v) is 24.7. The average molecular weight is 595 g/mol. The molecule has 0 N–H and O–H groups in total. The fraction of sp³-hybridized carbons (Fsp3) is 0.387. The molecule has 1 aromatic carbocycles. The van der Waals surface area contributed by atoms with Gasteiger partial charge < -0.3 is 19.5 Å². The van der Waals surface area contributed by atoms with Gasteiger partial charge in [-0.2, -0.15) is 0 Å². The fourth-order valence-electron chi connectivity index (χ4n) is 5.05. The Hall–Kier alpha value is -3.56. The number of rotatable bonds is 14. The Morgan fingerprint density at radius 1 is 1.10 bits per heavy atom. The summed E-state index contributed by atoms with van der Waals surface area (Å²) in [6, 6.07) is 15.3. The molecule has 2 unspecified atom stereocenters. The molecule has 8 nitrogen and oxygen atoms in total. The van der Waals surface area contributed by atoms with Crippen LogP contribution in [0.25, 0.3) is 0 Å². The molecule has 0 aliphatic carbocycles. The van der Waals surface area contributed by atoms with Crippen molar-refractivity contribution in [3.05, 3.63) is 87.3 Å². The van der Waals surface area contributed by atoms with E-state index >= 15 is 0 Å². The predicted octanol–water partition coefficient (Wildman–Crippen LogP) is 4.06. The molecule has 1 aliphatic heterocycles. The number of benzene rings is 1. The van der Waals surface area contributed by atoms with Crippen molar-refractivity contribution in [3.63, 3.8) is 0 Å². The second kappa shape index (κ2) is 14.9. The number of aldehydes is 1. The number of thiophene rings is 1. The predicted molar refractivity (Wildman–Crippen MR) is 160 cm³/mol. The van der Waals surface area contributed by atoms with E-state index in [9.17, 15) is 19.2 Å². The zero-order valence-electron chi connectivity index (χ0n) is 23.2. The van der Waals surface area contributed by atoms with Crippen molar-refractivity contribution in [2.45, 2.75) is 51.1 Å². The van der Waals surface area contributed by atoms with Crippen molar-refractivity contribution in [2.75, 3.05) is 26.2 Å². The monoisotopic (exact) mass is 594 g/mol. The van der Waals surface area contributed by atoms with Crippen LogP contribution in [-0.4, -0.2) is 82.0 Å². The first-order chi connectivity index (χ1) is 19.9. The quantitative estimate of drug-likeness (QED) is 0.263. The Kier molecular flexibility index (Phi) is 11.0. The van der Waals surface area contributed by atoms with Gasteiger partial charge in [0.05, 0.1) is 19.0 Å². The van der Waals surface area contributed by atoms with Gasteiger partial charge in [-0.1, -0.05) is 42.8 Å². The minimum atomic E-state index is -0.936. The van der Waals surface area contributed by atoms with E-state index in [-0.39, 0.29) is 30.7 Å². The Morgan fingerprint density at radius 2 is 1.90 bits per heavy atom. The smallest absolute Gasteiger partial charge is 0.246 e. The normalized spacial score (nSPS) is 16.1. The van der Waals surface area contributed by atoms with E-state index in [1.54, 1.807) is 39.5 Å². The van der Waals surface area contributed by atoms with Crippen molar-refractivity contribution in [1.82, 2.24) is 19.7 Å². The van der Waals surface area contributed by atoms with E-state index in [0.29, 0.717) is 50.3 Å². The van der Waals surface area contributed by atoms with Gasteiger partial charge >= 0.3 is 0 Å². The Morgan fingerprint density at radius 3 is 2.56 bits per heavy atom. The maximum Gasteiger partial charge on any atom is 0.246 e. The molecule has 216 valence electrons. The van der Waals surface area contributed by atoms with Crippen LogP contribution >= 0.6 is 22.9 Å². The lowest BCUT2D eigenvalue weighted by molar-refractivity contribution is -0.158. The van der Waals surface area contributed by atoms with Gasteiger partial charge in [0.25, 0.3) is 0 Å². The first kappa shape index (κ1) is 30.4. The minimum Gasteiger partial charge on any atom is -0.333 e. The molecule has 2 atom stereocenters. The molecule has 3 aromatic rings. The van der Waals surface area contributed by atoms with Gasteiger partial charge in [-0.05, 0) is 60.5 Å². The number of pyridine rings is 1. The van der Waals surface area contributed by atoms with Gasteiger partial charge in [0.1, 0.15) is 12.3 Å². The number of aromatic nitrogens is 1. The van der Waals surface area contributed by atoms with Crippen molar-refractivity contribution in [2.24, 2.45) is 0 Å². The molecule has 1 fully saturated rings. The highest BCUT2D eigenvalue weighted by atomic mass is 35.5. The third kappa shape index (κ3) is 8.24. The van der Waals surface area contributed by atoms with Gasteiger partial charge in [-0.25, -0.2) is 0 Å². The molecule has 1 saturated heterocycles. The Bertz CT molecular complexity index is 1300. The highest BCUT2D eigenvalue weighted by Crippen LogP contribution is 2.21. The van der Waals surface area contributed by atoms with E-state index in [1.165, 1.54) is 4.90 Å². The SMILES string of the molecule is CCC(C=O)N(CCc1ccc(Cl)cc1)C(=O)CC1C(=O)N(CCc2ccccn2)CC(=O)N1CCc1cccs1. The zero-order chi connectivity index (χ0) is 29.2. The molecule has 3 amide bonds. The van der Waals surface area contributed by atoms with Crippen LogP contribution in [-0.2, 0) is 38.4 Å². The lowest BCUT2D eigenvalue weighted by Gasteiger charge is -2.41. The molecule has 41 heavy (non-hydrogen) atoms. The van der Waals surface area contributed by atoms with Crippen molar-refractivity contribution in [3.8, 4) is 0 Å². The molecule has 0 saturated carbocycles.